The largest absolute Gasteiger partial charge is 0.417 e. The van der Waals surface area contributed by atoms with E-state index < -0.39 is 11.7 Å². The van der Waals surface area contributed by atoms with E-state index in [-0.39, 0.29) is 5.39 Å². The molecule has 5 heteroatoms. The number of aryl methyl sites for hydroxylation is 1. The summed E-state index contributed by atoms with van der Waals surface area (Å²) >= 11 is 0. The maximum atomic E-state index is 13.2. The number of fused-ring (bicyclic) bond motifs is 6. The number of hydrogen-bond acceptors (Lipinski definition) is 2. The first-order valence-corrected chi connectivity index (χ1v) is 11.1. The SMILES string of the molecule is CC1CCCc2c1ccc1c2ccc2c(C(F)(F)F)cccc21.c1ccc2nnccc2c1. The van der Waals surface area contributed by atoms with E-state index in [2.05, 4.69) is 23.2 Å². The molecular weight excluding hydrogens is 421 g/mol. The van der Waals surface area contributed by atoms with Crippen LogP contribution in [-0.4, -0.2) is 10.2 Å². The summed E-state index contributed by atoms with van der Waals surface area (Å²) in [6.07, 6.45) is 0.720. The Balaban J connectivity index is 0.000000190. The second-order valence-electron chi connectivity index (χ2n) is 8.58. The monoisotopic (exact) mass is 444 g/mol. The van der Waals surface area contributed by atoms with Gasteiger partial charge in [-0.2, -0.15) is 23.4 Å². The van der Waals surface area contributed by atoms with E-state index in [1.54, 1.807) is 18.3 Å². The van der Waals surface area contributed by atoms with Crippen molar-refractivity contribution in [1.29, 1.82) is 0 Å². The van der Waals surface area contributed by atoms with Crippen LogP contribution in [0.25, 0.3) is 32.4 Å². The Labute approximate surface area is 190 Å². The molecule has 1 aliphatic rings. The van der Waals surface area contributed by atoms with Gasteiger partial charge in [-0.1, -0.05) is 61.5 Å². The molecule has 5 aromatic rings. The molecule has 1 heterocycles. The first-order chi connectivity index (χ1) is 15.9. The summed E-state index contributed by atoms with van der Waals surface area (Å²) in [6, 6.07) is 22.0. The highest BCUT2D eigenvalue weighted by atomic mass is 19.4. The first-order valence-electron chi connectivity index (χ1n) is 11.1. The number of halogens is 3. The molecule has 0 aliphatic heterocycles. The molecule has 0 spiro atoms. The van der Waals surface area contributed by atoms with Crippen LogP contribution >= 0.6 is 0 Å². The van der Waals surface area contributed by atoms with Crippen LogP contribution in [-0.2, 0) is 12.6 Å². The summed E-state index contributed by atoms with van der Waals surface area (Å²) in [7, 11) is 0. The van der Waals surface area contributed by atoms with Crippen molar-refractivity contribution in [2.75, 3.05) is 0 Å². The van der Waals surface area contributed by atoms with Crippen molar-refractivity contribution in [2.24, 2.45) is 0 Å². The van der Waals surface area contributed by atoms with Crippen LogP contribution in [0.2, 0.25) is 0 Å². The van der Waals surface area contributed by atoms with Gasteiger partial charge >= 0.3 is 6.18 Å². The maximum absolute atomic E-state index is 13.2. The Hall–Kier alpha value is -3.47. The third-order valence-electron chi connectivity index (χ3n) is 6.53. The fourth-order valence-electron chi connectivity index (χ4n) is 4.91. The molecule has 1 unspecified atom stereocenters. The molecule has 0 N–H and O–H groups in total. The standard InChI is InChI=1S/C20H17F3.C8H6N2/c1-12-4-2-5-14-13(12)8-9-17-15-6-3-7-19(20(21,22)23)18(15)11-10-16(14)17;1-2-4-8-7(3-1)5-6-9-10-8/h3,6-12H,2,4-5H2,1H3;1-6H. The van der Waals surface area contributed by atoms with Gasteiger partial charge in [0.25, 0.3) is 0 Å². The van der Waals surface area contributed by atoms with E-state index in [0.29, 0.717) is 11.3 Å². The molecule has 0 saturated heterocycles. The van der Waals surface area contributed by atoms with Gasteiger partial charge in [-0.3, -0.25) is 0 Å². The lowest BCUT2D eigenvalue weighted by Gasteiger charge is -2.24. The fraction of sp³-hybridized carbons (Fsp3) is 0.214. The van der Waals surface area contributed by atoms with Crippen molar-refractivity contribution in [3.8, 4) is 0 Å². The van der Waals surface area contributed by atoms with E-state index in [9.17, 15) is 13.2 Å². The van der Waals surface area contributed by atoms with Crippen molar-refractivity contribution < 1.29 is 13.2 Å². The summed E-state index contributed by atoms with van der Waals surface area (Å²) in [4.78, 5) is 0. The van der Waals surface area contributed by atoms with E-state index >= 15 is 0 Å². The average Bonchev–Trinajstić information content (AvgIpc) is 2.83. The van der Waals surface area contributed by atoms with Gasteiger partial charge in [0.2, 0.25) is 0 Å². The van der Waals surface area contributed by atoms with Crippen molar-refractivity contribution in [3.63, 3.8) is 0 Å². The first kappa shape index (κ1) is 21.4. The predicted octanol–water partition coefficient (Wildman–Crippen LogP) is 8.08. The average molecular weight is 445 g/mol. The molecule has 0 saturated carbocycles. The molecule has 1 atom stereocenters. The number of aromatic nitrogens is 2. The van der Waals surface area contributed by atoms with Gasteiger partial charge < -0.3 is 0 Å². The number of benzene rings is 4. The lowest BCUT2D eigenvalue weighted by Crippen LogP contribution is -2.08. The number of alkyl halides is 3. The Morgan fingerprint density at radius 3 is 2.36 bits per heavy atom. The highest BCUT2D eigenvalue weighted by Crippen LogP contribution is 2.41. The smallest absolute Gasteiger partial charge is 0.166 e. The van der Waals surface area contributed by atoms with Crippen molar-refractivity contribution in [2.45, 2.75) is 38.3 Å². The minimum atomic E-state index is -4.32. The normalized spacial score (nSPS) is 15.8. The van der Waals surface area contributed by atoms with Gasteiger partial charge in [0.15, 0.2) is 0 Å². The number of hydrogen-bond donors (Lipinski definition) is 0. The van der Waals surface area contributed by atoms with E-state index in [4.69, 9.17) is 0 Å². The second kappa shape index (κ2) is 8.47. The van der Waals surface area contributed by atoms with Crippen molar-refractivity contribution >= 4 is 32.4 Å². The molecule has 2 nitrogen and oxygen atoms in total. The highest BCUT2D eigenvalue weighted by molar-refractivity contribution is 6.10. The Bertz CT molecular complexity index is 1390. The zero-order chi connectivity index (χ0) is 23.0. The summed E-state index contributed by atoms with van der Waals surface area (Å²) in [5.74, 6) is 0.528. The summed E-state index contributed by atoms with van der Waals surface area (Å²) in [6.45, 7) is 2.23. The van der Waals surface area contributed by atoms with Crippen molar-refractivity contribution in [1.82, 2.24) is 10.2 Å². The highest BCUT2D eigenvalue weighted by Gasteiger charge is 2.32. The zero-order valence-corrected chi connectivity index (χ0v) is 18.2. The molecule has 0 fully saturated rings. The molecule has 0 radical (unpaired) electrons. The molecule has 0 bridgehead atoms. The van der Waals surface area contributed by atoms with Crippen LogP contribution < -0.4 is 0 Å². The Morgan fingerprint density at radius 1 is 0.788 bits per heavy atom. The summed E-state index contributed by atoms with van der Waals surface area (Å²) < 4.78 is 39.7. The van der Waals surface area contributed by atoms with Gasteiger partial charge in [-0.15, -0.1) is 0 Å². The maximum Gasteiger partial charge on any atom is 0.417 e. The lowest BCUT2D eigenvalue weighted by atomic mass is 9.81. The zero-order valence-electron chi connectivity index (χ0n) is 18.2. The van der Waals surface area contributed by atoms with Crippen LogP contribution in [0.15, 0.2) is 79.0 Å². The molecule has 166 valence electrons. The number of nitrogens with zero attached hydrogens (tertiary/aromatic N) is 2. The predicted molar refractivity (Wildman–Crippen MR) is 127 cm³/mol. The van der Waals surface area contributed by atoms with Crippen LogP contribution in [0, 0.1) is 0 Å². The third kappa shape index (κ3) is 4.04. The van der Waals surface area contributed by atoms with Crippen LogP contribution in [0.1, 0.15) is 42.4 Å². The molecular formula is C28H23F3N2. The minimum Gasteiger partial charge on any atom is -0.166 e. The topological polar surface area (TPSA) is 25.8 Å². The van der Waals surface area contributed by atoms with Crippen LogP contribution in [0.4, 0.5) is 13.2 Å². The van der Waals surface area contributed by atoms with Crippen LogP contribution in [0.5, 0.6) is 0 Å². The summed E-state index contributed by atoms with van der Waals surface area (Å²) in [5.41, 5.74) is 3.07. The third-order valence-corrected chi connectivity index (χ3v) is 6.53. The number of rotatable bonds is 0. The molecule has 33 heavy (non-hydrogen) atoms. The van der Waals surface area contributed by atoms with Crippen molar-refractivity contribution in [3.05, 3.63) is 95.7 Å². The van der Waals surface area contributed by atoms with E-state index in [1.807, 2.05) is 42.5 Å². The van der Waals surface area contributed by atoms with Gasteiger partial charge in [0.1, 0.15) is 0 Å². The van der Waals surface area contributed by atoms with E-state index in [0.717, 1.165) is 40.6 Å². The molecule has 1 aliphatic carbocycles. The van der Waals surface area contributed by atoms with Crippen LogP contribution in [0.3, 0.4) is 0 Å². The minimum absolute atomic E-state index is 0.288. The Kier molecular flexibility index (Phi) is 5.49. The van der Waals surface area contributed by atoms with Gasteiger partial charge in [-0.25, -0.2) is 0 Å². The fourth-order valence-corrected chi connectivity index (χ4v) is 4.91. The van der Waals surface area contributed by atoms with Gasteiger partial charge in [0.05, 0.1) is 17.3 Å². The molecule has 0 amide bonds. The quantitative estimate of drug-likeness (QED) is 0.226. The molecule has 4 aromatic carbocycles. The summed E-state index contributed by atoms with van der Waals surface area (Å²) in [5, 5.41) is 11.9. The van der Waals surface area contributed by atoms with Gasteiger partial charge in [0, 0.05) is 5.39 Å². The lowest BCUT2D eigenvalue weighted by molar-refractivity contribution is -0.136. The molecule has 1 aromatic heterocycles. The molecule has 6 rings (SSSR count). The second-order valence-corrected chi connectivity index (χ2v) is 8.58. The van der Waals surface area contributed by atoms with Gasteiger partial charge in [-0.05, 0) is 76.1 Å². The van der Waals surface area contributed by atoms with E-state index in [1.165, 1.54) is 23.6 Å². The Morgan fingerprint density at radius 2 is 1.55 bits per heavy atom.